The number of hydrogen-bond acceptors (Lipinski definition) is 9. The molecule has 14 heteroatoms. The Bertz CT molecular complexity index is 1350. The van der Waals surface area contributed by atoms with Gasteiger partial charge in [0.2, 0.25) is 17.6 Å². The molecule has 2 fully saturated rings. The molecule has 0 radical (unpaired) electrons. The summed E-state index contributed by atoms with van der Waals surface area (Å²) >= 11 is 6.20. The number of carbonyl (C=O) groups excluding carboxylic acids is 5. The summed E-state index contributed by atoms with van der Waals surface area (Å²) in [7, 11) is 1.35. The molecule has 3 heterocycles. The van der Waals surface area contributed by atoms with Crippen molar-refractivity contribution in [2.45, 2.75) is 101 Å². The third kappa shape index (κ3) is 9.18. The smallest absolute Gasteiger partial charge is 0.408 e. The molecule has 3 aliphatic rings. The summed E-state index contributed by atoms with van der Waals surface area (Å²) in [6.07, 6.45) is 3.65. The lowest BCUT2D eigenvalue weighted by Gasteiger charge is -2.30. The average Bonchev–Trinajstić information content (AvgIpc) is 3.60. The number of likely N-dealkylation sites (N-methyl/N-ethyl adjacent to an activating group) is 1. The van der Waals surface area contributed by atoms with Crippen molar-refractivity contribution >= 4 is 46.9 Å². The Morgan fingerprint density at radius 3 is 2.59 bits per heavy atom. The van der Waals surface area contributed by atoms with Gasteiger partial charge in [0.05, 0.1) is 24.9 Å². The van der Waals surface area contributed by atoms with Crippen LogP contribution in [0.2, 0.25) is 5.02 Å². The van der Waals surface area contributed by atoms with E-state index in [2.05, 4.69) is 21.1 Å². The van der Waals surface area contributed by atoms with Gasteiger partial charge in [0.15, 0.2) is 5.60 Å². The van der Waals surface area contributed by atoms with E-state index in [1.54, 1.807) is 39.0 Å². The zero-order chi connectivity index (χ0) is 33.5. The number of fused-ring (bicyclic) bond motifs is 1. The molecule has 2 saturated heterocycles. The molecule has 0 saturated carbocycles. The summed E-state index contributed by atoms with van der Waals surface area (Å²) in [5, 5.41) is 12.5. The first-order valence-electron chi connectivity index (χ1n) is 15.8. The van der Waals surface area contributed by atoms with Crippen molar-refractivity contribution in [2.75, 3.05) is 26.8 Å². The number of carbonyl (C=O) groups is 5. The minimum atomic E-state index is -1.17. The SMILES string of the molecule is CNC(=O)C(=O)C1CCCCCCCOC[C@H](NC(=O)OC(C)(C)C)C(=O)N2C[C@@]3(CC(c4cccc(Cl)c4)=NO3)C[C@H]2C(=O)N1. The number of amides is 4. The van der Waals surface area contributed by atoms with E-state index < -0.39 is 58.9 Å². The molecule has 13 nitrogen and oxygen atoms in total. The third-order valence-electron chi connectivity index (χ3n) is 8.12. The van der Waals surface area contributed by atoms with Gasteiger partial charge in [-0.2, -0.15) is 0 Å². The molecular formula is C32H44ClN5O8. The molecule has 252 valence electrons. The summed E-state index contributed by atoms with van der Waals surface area (Å²) in [6, 6.07) is 3.78. The van der Waals surface area contributed by atoms with Crippen LogP contribution in [0.5, 0.6) is 0 Å². The van der Waals surface area contributed by atoms with E-state index in [9.17, 15) is 24.0 Å². The Hall–Kier alpha value is -3.71. The number of benzene rings is 1. The van der Waals surface area contributed by atoms with Gasteiger partial charge in [0.1, 0.15) is 17.7 Å². The molecule has 3 aliphatic heterocycles. The lowest BCUT2D eigenvalue weighted by Crippen LogP contribution is -2.57. The van der Waals surface area contributed by atoms with Crippen molar-refractivity contribution < 1.29 is 38.3 Å². The highest BCUT2D eigenvalue weighted by molar-refractivity contribution is 6.38. The minimum Gasteiger partial charge on any atom is -0.444 e. The van der Waals surface area contributed by atoms with E-state index in [4.69, 9.17) is 25.9 Å². The van der Waals surface area contributed by atoms with E-state index in [0.717, 1.165) is 31.2 Å². The molecule has 1 spiro atoms. The Kier molecular flexibility index (Phi) is 11.7. The number of alkyl carbamates (subject to hydrolysis) is 1. The van der Waals surface area contributed by atoms with Crippen LogP contribution in [0.3, 0.4) is 0 Å². The monoisotopic (exact) mass is 661 g/mol. The van der Waals surface area contributed by atoms with Crippen LogP contribution < -0.4 is 16.0 Å². The highest BCUT2D eigenvalue weighted by Crippen LogP contribution is 2.39. The van der Waals surface area contributed by atoms with E-state index in [1.165, 1.54) is 11.9 Å². The van der Waals surface area contributed by atoms with Gasteiger partial charge in [-0.05, 0) is 45.7 Å². The molecule has 1 aromatic carbocycles. The first kappa shape index (κ1) is 35.1. The van der Waals surface area contributed by atoms with Gasteiger partial charge in [-0.25, -0.2) is 4.79 Å². The number of Topliss-reactive ketones (excluding diaryl/α,β-unsaturated/α-hetero) is 1. The summed E-state index contributed by atoms with van der Waals surface area (Å²) in [6.45, 7) is 5.32. The second-order valence-electron chi connectivity index (χ2n) is 13.0. The highest BCUT2D eigenvalue weighted by atomic mass is 35.5. The van der Waals surface area contributed by atoms with Gasteiger partial charge in [-0.3, -0.25) is 19.2 Å². The van der Waals surface area contributed by atoms with Crippen molar-refractivity contribution in [1.82, 2.24) is 20.9 Å². The quantitative estimate of drug-likeness (QED) is 0.415. The normalized spacial score (nSPS) is 26.4. The second-order valence-corrected chi connectivity index (χ2v) is 13.5. The molecule has 0 aliphatic carbocycles. The van der Waals surface area contributed by atoms with Crippen LogP contribution in [0.4, 0.5) is 4.79 Å². The zero-order valence-corrected chi connectivity index (χ0v) is 27.6. The first-order valence-corrected chi connectivity index (χ1v) is 16.1. The van der Waals surface area contributed by atoms with Gasteiger partial charge in [0, 0.05) is 37.1 Å². The molecule has 4 amide bonds. The van der Waals surface area contributed by atoms with E-state index >= 15 is 0 Å². The molecular weight excluding hydrogens is 618 g/mol. The Morgan fingerprint density at radius 1 is 1.13 bits per heavy atom. The number of ether oxygens (including phenoxy) is 2. The van der Waals surface area contributed by atoms with Crippen LogP contribution >= 0.6 is 11.6 Å². The van der Waals surface area contributed by atoms with E-state index in [0.29, 0.717) is 23.8 Å². The number of nitrogens with one attached hydrogen (secondary N) is 3. The number of nitrogens with zero attached hydrogens (tertiary/aromatic N) is 2. The molecule has 46 heavy (non-hydrogen) atoms. The number of halogens is 1. The standard InChI is InChI=1S/C32H44ClN5O8/c1-31(2,3)45-30(43)36-24-18-44-14-9-7-5-6-8-13-22(26(39)28(41)34-4)35-27(40)25-17-32(19-38(25)29(24)42)16-23(37-46-32)20-11-10-12-21(33)15-20/h10-12,15,22,24-25H,5-9,13-14,16-19H2,1-4H3,(H,34,41)(H,35,40)(H,36,43)/t22?,24-,25-,32+/m0/s1. The molecule has 0 aromatic heterocycles. The molecule has 4 atom stereocenters. The van der Waals surface area contributed by atoms with Crippen molar-refractivity contribution in [3.8, 4) is 0 Å². The molecule has 3 N–H and O–H groups in total. The van der Waals surface area contributed by atoms with E-state index in [-0.39, 0.29) is 32.4 Å². The fourth-order valence-corrected chi connectivity index (χ4v) is 6.07. The van der Waals surface area contributed by atoms with E-state index in [1.807, 2.05) is 6.07 Å². The Labute approximate surface area is 274 Å². The fourth-order valence-electron chi connectivity index (χ4n) is 5.88. The molecule has 0 bridgehead atoms. The third-order valence-corrected chi connectivity index (χ3v) is 8.36. The summed E-state index contributed by atoms with van der Waals surface area (Å²) < 4.78 is 11.3. The minimum absolute atomic E-state index is 0.0297. The summed E-state index contributed by atoms with van der Waals surface area (Å²) in [4.78, 5) is 73.6. The fraction of sp³-hybridized carbons (Fsp3) is 0.625. The van der Waals surface area contributed by atoms with Crippen LogP contribution in [-0.2, 0) is 33.5 Å². The maximum absolute atomic E-state index is 14.2. The topological polar surface area (TPSA) is 165 Å². The summed E-state index contributed by atoms with van der Waals surface area (Å²) in [5.41, 5.74) is -0.524. The lowest BCUT2D eigenvalue weighted by atomic mass is 9.91. The molecule has 4 rings (SSSR count). The number of ketones is 1. The maximum atomic E-state index is 14.2. The van der Waals surface area contributed by atoms with Gasteiger partial charge in [0.25, 0.3) is 5.91 Å². The number of rotatable bonds is 4. The zero-order valence-electron chi connectivity index (χ0n) is 26.9. The van der Waals surface area contributed by atoms with Gasteiger partial charge < -0.3 is 35.2 Å². The second kappa shape index (κ2) is 15.3. The first-order chi connectivity index (χ1) is 21.8. The Balaban J connectivity index is 1.65. The summed E-state index contributed by atoms with van der Waals surface area (Å²) in [5.74, 6) is -2.77. The van der Waals surface area contributed by atoms with Gasteiger partial charge >= 0.3 is 6.09 Å². The number of oxime groups is 1. The van der Waals surface area contributed by atoms with Crippen molar-refractivity contribution in [3.05, 3.63) is 34.9 Å². The van der Waals surface area contributed by atoms with Gasteiger partial charge in [-0.1, -0.05) is 54.6 Å². The van der Waals surface area contributed by atoms with Crippen LogP contribution in [0.1, 0.15) is 77.7 Å². The number of hydrogen-bond donors (Lipinski definition) is 3. The molecule has 1 aromatic rings. The van der Waals surface area contributed by atoms with Crippen LogP contribution in [0.15, 0.2) is 29.4 Å². The Morgan fingerprint density at radius 2 is 1.87 bits per heavy atom. The maximum Gasteiger partial charge on any atom is 0.408 e. The highest BCUT2D eigenvalue weighted by Gasteiger charge is 2.55. The lowest BCUT2D eigenvalue weighted by molar-refractivity contribution is -0.143. The van der Waals surface area contributed by atoms with Crippen LogP contribution in [-0.4, -0.2) is 96.3 Å². The predicted octanol–water partition coefficient (Wildman–Crippen LogP) is 2.87. The van der Waals surface area contributed by atoms with Crippen molar-refractivity contribution in [2.24, 2.45) is 5.16 Å². The van der Waals surface area contributed by atoms with Crippen molar-refractivity contribution in [1.29, 1.82) is 0 Å². The predicted molar refractivity (Wildman–Crippen MR) is 169 cm³/mol. The molecule has 1 unspecified atom stereocenters. The van der Waals surface area contributed by atoms with Crippen molar-refractivity contribution in [3.63, 3.8) is 0 Å². The van der Waals surface area contributed by atoms with Gasteiger partial charge in [-0.15, -0.1) is 0 Å². The average molecular weight is 662 g/mol. The van der Waals surface area contributed by atoms with Crippen LogP contribution in [0.25, 0.3) is 0 Å². The van der Waals surface area contributed by atoms with Crippen LogP contribution in [0, 0.1) is 0 Å². The largest absolute Gasteiger partial charge is 0.444 e.